The van der Waals surface area contributed by atoms with Gasteiger partial charge in [0.2, 0.25) is 0 Å². The number of aliphatic hydroxyl groups is 8. The molecular weight excluding hydrogens is 595 g/mol. The number of ether oxygens (including phenoxy) is 3. The predicted octanol–water partition coefficient (Wildman–Crippen LogP) is -5.29. The van der Waals surface area contributed by atoms with Gasteiger partial charge in [-0.05, 0) is 29.6 Å². The standard InChI is InChI=1S/C31H38B3NO11/c32-31(33,34)44-10-9-35-19-11-15(3-7-21-25(38)29(42)27(40)23(13-36)45-21)1-5-17(19)18-6-2-16(12-20(18)35)4-8-22-26(39)30(43)28(41)24(14-37)46-22/h1-2,5-6,11-12,21-30,36-43H,9-10,13-14,32-34H2/t21-,22-,23-,24-,25-,26-,27-,28-,29-,30-/m1/s1. The van der Waals surface area contributed by atoms with E-state index < -0.39 is 74.3 Å². The van der Waals surface area contributed by atoms with E-state index in [1.165, 1.54) is 0 Å². The van der Waals surface area contributed by atoms with Crippen molar-refractivity contribution in [3.63, 3.8) is 0 Å². The van der Waals surface area contributed by atoms with Crippen molar-refractivity contribution in [3.8, 4) is 23.7 Å². The molecule has 0 radical (unpaired) electrons. The Morgan fingerprint density at radius 2 is 1.11 bits per heavy atom. The first-order valence-corrected chi connectivity index (χ1v) is 15.2. The molecule has 5 rings (SSSR count). The summed E-state index contributed by atoms with van der Waals surface area (Å²) >= 11 is 0. The summed E-state index contributed by atoms with van der Waals surface area (Å²) in [6.07, 6.45) is -13.2. The maximum atomic E-state index is 10.4. The molecule has 12 nitrogen and oxygen atoms in total. The van der Waals surface area contributed by atoms with E-state index in [9.17, 15) is 40.9 Å². The molecule has 2 aliphatic heterocycles. The molecule has 8 N–H and O–H groups in total. The highest BCUT2D eigenvalue weighted by Crippen LogP contribution is 2.31. The van der Waals surface area contributed by atoms with Crippen molar-refractivity contribution < 1.29 is 55.1 Å². The summed E-state index contributed by atoms with van der Waals surface area (Å²) in [5.74, 6) is 11.6. The molecule has 3 heterocycles. The largest absolute Gasteiger partial charge is 0.399 e. The van der Waals surface area contributed by atoms with Gasteiger partial charge in [-0.2, -0.15) is 0 Å². The molecule has 2 saturated heterocycles. The number of rotatable bonds is 6. The van der Waals surface area contributed by atoms with Gasteiger partial charge in [0.15, 0.2) is 0 Å². The fraction of sp³-hybridized carbons (Fsp3) is 0.484. The number of aromatic nitrogens is 1. The van der Waals surface area contributed by atoms with Crippen LogP contribution in [0.1, 0.15) is 11.1 Å². The van der Waals surface area contributed by atoms with Crippen LogP contribution in [0.5, 0.6) is 0 Å². The summed E-state index contributed by atoms with van der Waals surface area (Å²) in [5, 5.41) is 81.6. The number of hydrogen-bond acceptors (Lipinski definition) is 11. The van der Waals surface area contributed by atoms with Crippen molar-refractivity contribution in [2.45, 2.75) is 72.9 Å². The fourth-order valence-corrected chi connectivity index (χ4v) is 5.69. The second-order valence-electron chi connectivity index (χ2n) is 12.6. The van der Waals surface area contributed by atoms with E-state index in [0.717, 1.165) is 21.8 Å². The van der Waals surface area contributed by atoms with E-state index in [1.807, 2.05) is 59.9 Å². The Hall–Kier alpha value is -2.89. The van der Waals surface area contributed by atoms with Gasteiger partial charge in [-0.25, -0.2) is 0 Å². The van der Waals surface area contributed by atoms with E-state index >= 15 is 0 Å². The number of fused-ring (bicyclic) bond motifs is 3. The van der Waals surface area contributed by atoms with Gasteiger partial charge < -0.3 is 59.6 Å². The van der Waals surface area contributed by atoms with Crippen LogP contribution < -0.4 is 0 Å². The lowest BCUT2D eigenvalue weighted by molar-refractivity contribution is -0.214. The zero-order valence-corrected chi connectivity index (χ0v) is 25.8. The Morgan fingerprint density at radius 3 is 1.50 bits per heavy atom. The SMILES string of the molecule is BC(B)(B)OCCn1c2cc(C#C[C@H]3O[C@H](CO)[C@@H](O)[C@H](O)[C@@H]3O)ccc2c2ccc(C#C[C@H]3O[C@H](CO)[C@@H](O)[C@H](O)[C@@H]3O)cc21. The lowest BCUT2D eigenvalue weighted by Gasteiger charge is -2.37. The summed E-state index contributed by atoms with van der Waals surface area (Å²) in [7, 11) is 5.91. The molecule has 15 heteroatoms. The summed E-state index contributed by atoms with van der Waals surface area (Å²) in [6.45, 7) is -0.185. The molecule has 2 aliphatic rings. The Morgan fingerprint density at radius 1 is 0.674 bits per heavy atom. The third-order valence-corrected chi connectivity index (χ3v) is 8.22. The molecule has 0 saturated carbocycles. The lowest BCUT2D eigenvalue weighted by atomic mass is 9.52. The Balaban J connectivity index is 1.50. The summed E-state index contributed by atoms with van der Waals surface area (Å²) in [5.41, 5.74) is 2.92. The second-order valence-corrected chi connectivity index (χ2v) is 12.6. The maximum absolute atomic E-state index is 10.4. The molecule has 0 spiro atoms. The Bertz CT molecular complexity index is 1560. The van der Waals surface area contributed by atoms with Gasteiger partial charge in [-0.1, -0.05) is 35.8 Å². The summed E-state index contributed by atoms with van der Waals surface area (Å²) in [4.78, 5) is 0. The number of aliphatic hydroxyl groups excluding tert-OH is 8. The van der Waals surface area contributed by atoms with Crippen LogP contribution in [0, 0.1) is 23.7 Å². The third kappa shape index (κ3) is 7.16. The number of hydrogen-bond donors (Lipinski definition) is 8. The Labute approximate surface area is 268 Å². The van der Waals surface area contributed by atoms with Crippen molar-refractivity contribution in [2.24, 2.45) is 0 Å². The molecule has 0 aliphatic carbocycles. The van der Waals surface area contributed by atoms with Crippen molar-refractivity contribution in [2.75, 3.05) is 19.8 Å². The van der Waals surface area contributed by atoms with Crippen LogP contribution in [0.4, 0.5) is 0 Å². The van der Waals surface area contributed by atoms with Crippen LogP contribution in [0.2, 0.25) is 0 Å². The molecule has 1 aromatic heterocycles. The molecule has 2 aromatic carbocycles. The third-order valence-electron chi connectivity index (χ3n) is 8.22. The summed E-state index contributed by atoms with van der Waals surface area (Å²) in [6, 6.07) is 11.3. The van der Waals surface area contributed by atoms with Crippen molar-refractivity contribution in [1.82, 2.24) is 4.57 Å². The van der Waals surface area contributed by atoms with Gasteiger partial charge in [0.1, 0.15) is 84.6 Å². The smallest absolute Gasteiger partial charge is 0.147 e. The van der Waals surface area contributed by atoms with Crippen LogP contribution >= 0.6 is 0 Å². The topological polar surface area (TPSA) is 194 Å². The van der Waals surface area contributed by atoms with Crippen molar-refractivity contribution >= 4 is 45.3 Å². The maximum Gasteiger partial charge on any atom is 0.147 e. The minimum atomic E-state index is -1.52. The van der Waals surface area contributed by atoms with E-state index in [0.29, 0.717) is 24.3 Å². The zero-order valence-electron chi connectivity index (χ0n) is 25.8. The quantitative estimate of drug-likeness (QED) is 0.0956. The first kappa shape index (κ1) is 34.4. The van der Waals surface area contributed by atoms with Gasteiger partial charge in [-0.3, -0.25) is 0 Å². The van der Waals surface area contributed by atoms with Crippen LogP contribution in [0.15, 0.2) is 36.4 Å². The zero-order chi connectivity index (χ0) is 33.3. The number of nitrogens with zero attached hydrogens (tertiary/aromatic N) is 1. The van der Waals surface area contributed by atoms with E-state index in [4.69, 9.17) is 14.2 Å². The first-order valence-electron chi connectivity index (χ1n) is 15.2. The molecule has 3 aromatic rings. The van der Waals surface area contributed by atoms with Gasteiger partial charge in [0.25, 0.3) is 0 Å². The van der Waals surface area contributed by atoms with Crippen LogP contribution in [-0.4, -0.2) is 155 Å². The molecule has 242 valence electrons. The van der Waals surface area contributed by atoms with Crippen molar-refractivity contribution in [3.05, 3.63) is 47.5 Å². The minimum Gasteiger partial charge on any atom is -0.399 e. The van der Waals surface area contributed by atoms with Crippen molar-refractivity contribution in [1.29, 1.82) is 0 Å². The summed E-state index contributed by atoms with van der Waals surface area (Å²) < 4.78 is 19.2. The van der Waals surface area contributed by atoms with Gasteiger partial charge >= 0.3 is 0 Å². The van der Waals surface area contributed by atoms with E-state index in [2.05, 4.69) is 28.2 Å². The Kier molecular flexibility index (Phi) is 10.5. The highest BCUT2D eigenvalue weighted by molar-refractivity contribution is 6.58. The average molecular weight is 633 g/mol. The van der Waals surface area contributed by atoms with Gasteiger partial charge in [0, 0.05) is 28.4 Å². The van der Waals surface area contributed by atoms with E-state index in [1.54, 1.807) is 0 Å². The second kappa shape index (κ2) is 14.1. The van der Waals surface area contributed by atoms with E-state index in [-0.39, 0.29) is 5.30 Å². The molecule has 0 bridgehead atoms. The van der Waals surface area contributed by atoms with Gasteiger partial charge in [0.05, 0.1) is 30.9 Å². The van der Waals surface area contributed by atoms with Gasteiger partial charge in [-0.15, -0.1) is 0 Å². The van der Waals surface area contributed by atoms with Crippen LogP contribution in [-0.2, 0) is 20.8 Å². The highest BCUT2D eigenvalue weighted by Gasteiger charge is 2.43. The van der Waals surface area contributed by atoms with Crippen LogP contribution in [0.3, 0.4) is 0 Å². The molecule has 0 unspecified atom stereocenters. The predicted molar refractivity (Wildman–Crippen MR) is 175 cm³/mol. The monoisotopic (exact) mass is 633 g/mol. The highest BCUT2D eigenvalue weighted by atomic mass is 16.6. The molecule has 10 atom stereocenters. The molecule has 46 heavy (non-hydrogen) atoms. The van der Waals surface area contributed by atoms with Crippen LogP contribution in [0.25, 0.3) is 21.8 Å². The molecule has 0 amide bonds. The molecule has 2 fully saturated rings. The fourth-order valence-electron chi connectivity index (χ4n) is 5.69. The molecular formula is C31H38B3NO11. The normalized spacial score (nSPS) is 31.7. The minimum absolute atomic E-state index is 0.358. The first-order chi connectivity index (χ1) is 21.8. The average Bonchev–Trinajstić information content (AvgIpc) is 3.33. The number of benzene rings is 2. The lowest BCUT2D eigenvalue weighted by Crippen LogP contribution is -2.58.